The van der Waals surface area contributed by atoms with Crippen molar-refractivity contribution >= 4 is 11.8 Å². The molecule has 0 aromatic rings. The second-order valence-corrected chi connectivity index (χ2v) is 11.1. The average Bonchev–Trinajstić information content (AvgIpc) is 3.08. The second kappa shape index (κ2) is 8.28. The molecule has 3 fully saturated rings. The van der Waals surface area contributed by atoms with Crippen LogP contribution in [-0.4, -0.2) is 18.4 Å². The smallest absolute Gasteiger partial charge is 0.330 e. The molecule has 4 aliphatic carbocycles. The van der Waals surface area contributed by atoms with Crippen LogP contribution in [0.15, 0.2) is 23.8 Å². The van der Waals surface area contributed by atoms with E-state index in [2.05, 4.69) is 26.8 Å². The van der Waals surface area contributed by atoms with Crippen LogP contribution in [0.5, 0.6) is 0 Å². The fraction of sp³-hybridized carbons (Fsp3) is 0.778. The van der Waals surface area contributed by atoms with Gasteiger partial charge < -0.3 is 4.74 Å². The topological polar surface area (TPSA) is 43.4 Å². The Morgan fingerprint density at radius 3 is 2.73 bits per heavy atom. The number of carbonyl (C=O) groups excluding carboxylic acids is 2. The van der Waals surface area contributed by atoms with Gasteiger partial charge in [0.05, 0.1) is 6.61 Å². The third-order valence-corrected chi connectivity index (χ3v) is 9.65. The highest BCUT2D eigenvalue weighted by Gasteiger charge is 2.59. The van der Waals surface area contributed by atoms with Gasteiger partial charge in [0, 0.05) is 12.5 Å². The summed E-state index contributed by atoms with van der Waals surface area (Å²) < 4.78 is 5.22. The fourth-order valence-corrected chi connectivity index (χ4v) is 8.08. The Balaban J connectivity index is 1.49. The van der Waals surface area contributed by atoms with E-state index in [1.165, 1.54) is 37.7 Å². The lowest BCUT2D eigenvalue weighted by Gasteiger charge is -2.58. The van der Waals surface area contributed by atoms with Crippen LogP contribution in [0.2, 0.25) is 0 Å². The van der Waals surface area contributed by atoms with E-state index in [1.54, 1.807) is 6.08 Å². The van der Waals surface area contributed by atoms with Crippen LogP contribution in [0.25, 0.3) is 0 Å². The molecule has 0 aromatic heterocycles. The van der Waals surface area contributed by atoms with Crippen molar-refractivity contribution in [2.45, 2.75) is 85.5 Å². The van der Waals surface area contributed by atoms with E-state index >= 15 is 0 Å². The first-order valence-electron chi connectivity index (χ1n) is 12.4. The van der Waals surface area contributed by atoms with Crippen molar-refractivity contribution in [2.24, 2.45) is 40.4 Å². The molecule has 3 heteroatoms. The number of hydrogen-bond acceptors (Lipinski definition) is 3. The summed E-state index contributed by atoms with van der Waals surface area (Å²) in [4.78, 5) is 23.9. The summed E-state index contributed by atoms with van der Waals surface area (Å²) in [6, 6.07) is 0. The van der Waals surface area contributed by atoms with Crippen LogP contribution < -0.4 is 0 Å². The predicted octanol–water partition coefficient (Wildman–Crippen LogP) is 6.28. The quantitative estimate of drug-likeness (QED) is 0.394. The van der Waals surface area contributed by atoms with Crippen LogP contribution >= 0.6 is 0 Å². The molecule has 4 aliphatic rings. The Bertz CT molecular complexity index is 749. The molecule has 30 heavy (non-hydrogen) atoms. The molecule has 4 unspecified atom stereocenters. The summed E-state index contributed by atoms with van der Waals surface area (Å²) in [7, 11) is 0. The Hall–Kier alpha value is -1.38. The van der Waals surface area contributed by atoms with Crippen LogP contribution in [-0.2, 0) is 14.3 Å². The molecule has 0 heterocycles. The number of carbonyl (C=O) groups is 2. The predicted molar refractivity (Wildman–Crippen MR) is 120 cm³/mol. The van der Waals surface area contributed by atoms with Gasteiger partial charge >= 0.3 is 5.97 Å². The number of fused-ring (bicyclic) bond motifs is 5. The molecule has 3 nitrogen and oxygen atoms in total. The molecule has 0 bridgehead atoms. The molecule has 0 aliphatic heterocycles. The van der Waals surface area contributed by atoms with Crippen molar-refractivity contribution < 1.29 is 14.3 Å². The number of hydrogen-bond donors (Lipinski definition) is 0. The van der Waals surface area contributed by atoms with Gasteiger partial charge in [-0.25, -0.2) is 4.79 Å². The molecule has 0 amide bonds. The van der Waals surface area contributed by atoms with E-state index in [4.69, 9.17) is 4.74 Å². The normalized spacial score (nSPS) is 41.6. The monoisotopic (exact) mass is 412 g/mol. The average molecular weight is 413 g/mol. The largest absolute Gasteiger partial charge is 0.463 e. The van der Waals surface area contributed by atoms with Gasteiger partial charge in [-0.05, 0) is 97.9 Å². The van der Waals surface area contributed by atoms with Gasteiger partial charge in [-0.1, -0.05) is 39.3 Å². The Morgan fingerprint density at radius 2 is 1.97 bits per heavy atom. The SMILES string of the molecule is CCCOC(=O)/C=C/[C@@H](C)C1CCC2C3CCC4=CC(=O)CC[C@]4(C)C3CC[C@@]21C. The van der Waals surface area contributed by atoms with Crippen LogP contribution in [0.4, 0.5) is 0 Å². The van der Waals surface area contributed by atoms with Crippen molar-refractivity contribution in [3.63, 3.8) is 0 Å². The zero-order valence-corrected chi connectivity index (χ0v) is 19.4. The van der Waals surface area contributed by atoms with Crippen LogP contribution in [0.3, 0.4) is 0 Å². The summed E-state index contributed by atoms with van der Waals surface area (Å²) in [6.45, 7) is 9.83. The number of allylic oxidation sites excluding steroid dienone is 2. The van der Waals surface area contributed by atoms with Gasteiger partial charge in [0.25, 0.3) is 0 Å². The lowest BCUT2D eigenvalue weighted by atomic mass is 9.46. The lowest BCUT2D eigenvalue weighted by Crippen LogP contribution is -2.50. The highest BCUT2D eigenvalue weighted by atomic mass is 16.5. The van der Waals surface area contributed by atoms with E-state index in [1.807, 2.05) is 13.0 Å². The Labute approximate surface area is 182 Å². The van der Waals surface area contributed by atoms with Gasteiger partial charge in [0.2, 0.25) is 0 Å². The maximum Gasteiger partial charge on any atom is 0.330 e. The van der Waals surface area contributed by atoms with E-state index in [-0.39, 0.29) is 11.4 Å². The van der Waals surface area contributed by atoms with E-state index in [0.29, 0.717) is 29.6 Å². The Morgan fingerprint density at radius 1 is 1.17 bits per heavy atom. The first kappa shape index (κ1) is 21.8. The minimum absolute atomic E-state index is 0.196. The molecule has 0 radical (unpaired) electrons. The van der Waals surface area contributed by atoms with Gasteiger partial charge in [-0.15, -0.1) is 0 Å². The number of ketones is 1. The number of ether oxygens (including phenoxy) is 1. The molecule has 4 rings (SSSR count). The van der Waals surface area contributed by atoms with Crippen molar-refractivity contribution in [1.29, 1.82) is 0 Å². The third kappa shape index (κ3) is 3.60. The van der Waals surface area contributed by atoms with E-state index in [0.717, 1.165) is 43.4 Å². The standard InChI is InChI=1S/C27H40O3/c1-5-16-30-25(29)11-6-18(2)22-9-10-23-21-8-7-19-17-20(28)12-14-26(19,3)24(21)13-15-27(22,23)4/h6,11,17-18,21-24H,5,7-10,12-16H2,1-4H3/b11-6+/t18-,21?,22?,23?,24?,26+,27-/m1/s1. The minimum atomic E-state index is -0.196. The van der Waals surface area contributed by atoms with Crippen molar-refractivity contribution in [2.75, 3.05) is 6.61 Å². The maximum absolute atomic E-state index is 12.0. The minimum Gasteiger partial charge on any atom is -0.463 e. The van der Waals surface area contributed by atoms with E-state index in [9.17, 15) is 9.59 Å². The molecule has 7 atom stereocenters. The van der Waals surface area contributed by atoms with Gasteiger partial charge in [0.15, 0.2) is 5.78 Å². The molecular formula is C27H40O3. The summed E-state index contributed by atoms with van der Waals surface area (Å²) in [5.74, 6) is 3.55. The second-order valence-electron chi connectivity index (χ2n) is 11.1. The molecule has 0 saturated heterocycles. The summed E-state index contributed by atoms with van der Waals surface area (Å²) in [5.41, 5.74) is 2.09. The summed E-state index contributed by atoms with van der Waals surface area (Å²) in [5, 5.41) is 0. The highest BCUT2D eigenvalue weighted by Crippen LogP contribution is 2.67. The molecular weight excluding hydrogens is 372 g/mol. The molecule has 3 saturated carbocycles. The first-order valence-corrected chi connectivity index (χ1v) is 12.4. The molecule has 166 valence electrons. The molecule has 0 aromatic carbocycles. The highest BCUT2D eigenvalue weighted by molar-refractivity contribution is 5.91. The zero-order valence-electron chi connectivity index (χ0n) is 19.4. The maximum atomic E-state index is 12.0. The molecule has 0 N–H and O–H groups in total. The van der Waals surface area contributed by atoms with Crippen LogP contribution in [0, 0.1) is 40.4 Å². The van der Waals surface area contributed by atoms with Crippen LogP contribution in [0.1, 0.15) is 85.5 Å². The first-order chi connectivity index (χ1) is 14.3. The third-order valence-electron chi connectivity index (χ3n) is 9.65. The Kier molecular flexibility index (Phi) is 6.03. The van der Waals surface area contributed by atoms with E-state index < -0.39 is 0 Å². The lowest BCUT2D eigenvalue weighted by molar-refractivity contribution is -0.137. The summed E-state index contributed by atoms with van der Waals surface area (Å²) in [6.07, 6.45) is 16.0. The molecule has 0 spiro atoms. The van der Waals surface area contributed by atoms with Gasteiger partial charge in [-0.3, -0.25) is 4.79 Å². The van der Waals surface area contributed by atoms with Crippen molar-refractivity contribution in [1.82, 2.24) is 0 Å². The number of esters is 1. The van der Waals surface area contributed by atoms with Gasteiger partial charge in [-0.2, -0.15) is 0 Å². The summed E-state index contributed by atoms with van der Waals surface area (Å²) >= 11 is 0. The van der Waals surface area contributed by atoms with Gasteiger partial charge in [0.1, 0.15) is 0 Å². The number of rotatable bonds is 5. The fourth-order valence-electron chi connectivity index (χ4n) is 8.08. The zero-order chi connectivity index (χ0) is 21.5. The van der Waals surface area contributed by atoms with Crippen molar-refractivity contribution in [3.05, 3.63) is 23.8 Å². The van der Waals surface area contributed by atoms with Crippen molar-refractivity contribution in [3.8, 4) is 0 Å².